The third-order valence-electron chi connectivity index (χ3n) is 1.76. The highest BCUT2D eigenvalue weighted by molar-refractivity contribution is 5.44. The number of ether oxygens (including phenoxy) is 1. The van der Waals surface area contributed by atoms with Crippen LogP contribution in [-0.2, 0) is 0 Å². The van der Waals surface area contributed by atoms with Crippen LogP contribution in [0.5, 0.6) is 5.75 Å². The molecule has 1 aromatic rings. The van der Waals surface area contributed by atoms with E-state index in [1.165, 1.54) is 0 Å². The Morgan fingerprint density at radius 1 is 1.29 bits per heavy atom. The number of rotatable bonds is 4. The SMILES string of the molecule is CCCCOc1c(F)cc(N)cc1F. The summed E-state index contributed by atoms with van der Waals surface area (Å²) in [6.07, 6.45) is 1.68. The van der Waals surface area contributed by atoms with Gasteiger partial charge in [-0.15, -0.1) is 0 Å². The van der Waals surface area contributed by atoms with Crippen molar-refractivity contribution < 1.29 is 13.5 Å². The van der Waals surface area contributed by atoms with Crippen LogP contribution in [0.1, 0.15) is 19.8 Å². The van der Waals surface area contributed by atoms with Gasteiger partial charge in [-0.2, -0.15) is 0 Å². The monoisotopic (exact) mass is 201 g/mol. The first-order chi connectivity index (χ1) is 6.65. The molecule has 0 fully saturated rings. The molecule has 0 saturated carbocycles. The van der Waals surface area contributed by atoms with Crippen molar-refractivity contribution in [3.8, 4) is 5.75 Å². The summed E-state index contributed by atoms with van der Waals surface area (Å²) in [7, 11) is 0. The minimum Gasteiger partial charge on any atom is -0.488 e. The Hall–Kier alpha value is -1.32. The molecule has 4 heteroatoms. The van der Waals surface area contributed by atoms with Gasteiger partial charge in [-0.25, -0.2) is 8.78 Å². The molecule has 2 N–H and O–H groups in total. The van der Waals surface area contributed by atoms with Crippen molar-refractivity contribution in [3.05, 3.63) is 23.8 Å². The molecule has 1 rings (SSSR count). The van der Waals surface area contributed by atoms with Crippen LogP contribution in [0.15, 0.2) is 12.1 Å². The minimum absolute atomic E-state index is 0.0582. The number of benzene rings is 1. The number of hydrogen-bond acceptors (Lipinski definition) is 2. The lowest BCUT2D eigenvalue weighted by Crippen LogP contribution is -2.02. The number of hydrogen-bond donors (Lipinski definition) is 1. The molecule has 0 bridgehead atoms. The summed E-state index contributed by atoms with van der Waals surface area (Å²) in [6.45, 7) is 2.29. The van der Waals surface area contributed by atoms with Crippen molar-refractivity contribution in [2.75, 3.05) is 12.3 Å². The smallest absolute Gasteiger partial charge is 0.190 e. The zero-order chi connectivity index (χ0) is 10.6. The third kappa shape index (κ3) is 2.58. The van der Waals surface area contributed by atoms with Crippen molar-refractivity contribution in [2.45, 2.75) is 19.8 Å². The fourth-order valence-corrected chi connectivity index (χ4v) is 1.04. The highest BCUT2D eigenvalue weighted by atomic mass is 19.1. The van der Waals surface area contributed by atoms with Gasteiger partial charge in [-0.3, -0.25) is 0 Å². The molecule has 0 spiro atoms. The summed E-state index contributed by atoms with van der Waals surface area (Å²) in [5.74, 6) is -1.84. The van der Waals surface area contributed by atoms with E-state index in [1.807, 2.05) is 6.92 Å². The molecule has 0 aliphatic carbocycles. The van der Waals surface area contributed by atoms with Crippen LogP contribution in [0.3, 0.4) is 0 Å². The quantitative estimate of drug-likeness (QED) is 0.600. The zero-order valence-electron chi connectivity index (χ0n) is 8.02. The van der Waals surface area contributed by atoms with Crippen LogP contribution >= 0.6 is 0 Å². The van der Waals surface area contributed by atoms with Gasteiger partial charge in [0.25, 0.3) is 0 Å². The van der Waals surface area contributed by atoms with Gasteiger partial charge in [0.1, 0.15) is 0 Å². The number of halogens is 2. The van der Waals surface area contributed by atoms with Crippen molar-refractivity contribution >= 4 is 5.69 Å². The largest absolute Gasteiger partial charge is 0.488 e. The maximum absolute atomic E-state index is 13.1. The first-order valence-electron chi connectivity index (χ1n) is 4.52. The Kier molecular flexibility index (Phi) is 3.68. The molecule has 1 aromatic carbocycles. The predicted molar refractivity (Wildman–Crippen MR) is 51.2 cm³/mol. The van der Waals surface area contributed by atoms with E-state index < -0.39 is 11.6 Å². The van der Waals surface area contributed by atoms with Crippen molar-refractivity contribution in [3.63, 3.8) is 0 Å². The molecule has 0 radical (unpaired) electrons. The molecule has 0 aliphatic rings. The van der Waals surface area contributed by atoms with Crippen LogP contribution in [0.25, 0.3) is 0 Å². The zero-order valence-corrected chi connectivity index (χ0v) is 8.02. The minimum atomic E-state index is -0.751. The number of anilines is 1. The molecule has 0 heterocycles. The van der Waals surface area contributed by atoms with Crippen LogP contribution in [0.2, 0.25) is 0 Å². The highest BCUT2D eigenvalue weighted by Gasteiger charge is 2.10. The standard InChI is InChI=1S/C10H13F2NO/c1-2-3-4-14-10-8(11)5-7(13)6-9(10)12/h5-6H,2-4,13H2,1H3. The van der Waals surface area contributed by atoms with Crippen molar-refractivity contribution in [1.82, 2.24) is 0 Å². The molecule has 0 aromatic heterocycles. The summed E-state index contributed by atoms with van der Waals surface area (Å²) in [4.78, 5) is 0. The lowest BCUT2D eigenvalue weighted by atomic mass is 10.3. The topological polar surface area (TPSA) is 35.2 Å². The van der Waals surface area contributed by atoms with E-state index in [0.29, 0.717) is 6.61 Å². The lowest BCUT2D eigenvalue weighted by Gasteiger charge is -2.07. The molecular weight excluding hydrogens is 188 g/mol. The predicted octanol–water partition coefficient (Wildman–Crippen LogP) is 2.73. The average Bonchev–Trinajstić information content (AvgIpc) is 2.09. The van der Waals surface area contributed by atoms with Crippen LogP contribution in [-0.4, -0.2) is 6.61 Å². The van der Waals surface area contributed by atoms with Crippen molar-refractivity contribution in [2.24, 2.45) is 0 Å². The molecule has 0 saturated heterocycles. The summed E-state index contributed by atoms with van der Waals surface area (Å²) in [6, 6.07) is 2.09. The molecule has 0 unspecified atom stereocenters. The molecule has 0 atom stereocenters. The number of unbranched alkanes of at least 4 members (excludes halogenated alkanes) is 1. The van der Waals surface area contributed by atoms with Crippen LogP contribution in [0, 0.1) is 11.6 Å². The molecule has 14 heavy (non-hydrogen) atoms. The molecular formula is C10H13F2NO. The Balaban J connectivity index is 2.75. The normalized spacial score (nSPS) is 10.2. The van der Waals surface area contributed by atoms with Gasteiger partial charge in [-0.05, 0) is 6.42 Å². The van der Waals surface area contributed by atoms with E-state index in [9.17, 15) is 8.78 Å². The summed E-state index contributed by atoms with van der Waals surface area (Å²) >= 11 is 0. The second-order valence-electron chi connectivity index (χ2n) is 3.02. The maximum atomic E-state index is 13.1. The van der Waals surface area contributed by atoms with Gasteiger partial charge in [0.2, 0.25) is 0 Å². The fourth-order valence-electron chi connectivity index (χ4n) is 1.04. The van der Waals surface area contributed by atoms with E-state index in [-0.39, 0.29) is 11.4 Å². The summed E-state index contributed by atoms with van der Waals surface area (Å²) in [5.41, 5.74) is 5.31. The van der Waals surface area contributed by atoms with E-state index in [0.717, 1.165) is 25.0 Å². The van der Waals surface area contributed by atoms with Crippen LogP contribution < -0.4 is 10.5 Å². The molecule has 0 aliphatic heterocycles. The first kappa shape index (κ1) is 10.8. The van der Waals surface area contributed by atoms with Gasteiger partial charge < -0.3 is 10.5 Å². The Labute approximate surface area is 81.7 Å². The van der Waals surface area contributed by atoms with Gasteiger partial charge in [0.05, 0.1) is 6.61 Å². The Morgan fingerprint density at radius 2 is 1.86 bits per heavy atom. The lowest BCUT2D eigenvalue weighted by molar-refractivity contribution is 0.279. The van der Waals surface area contributed by atoms with E-state index in [4.69, 9.17) is 10.5 Å². The molecule has 78 valence electrons. The third-order valence-corrected chi connectivity index (χ3v) is 1.76. The van der Waals surface area contributed by atoms with Gasteiger partial charge in [-0.1, -0.05) is 13.3 Å². The molecule has 2 nitrogen and oxygen atoms in total. The summed E-state index contributed by atoms with van der Waals surface area (Å²) < 4.78 is 31.1. The number of nitrogen functional groups attached to an aromatic ring is 1. The highest BCUT2D eigenvalue weighted by Crippen LogP contribution is 2.24. The Morgan fingerprint density at radius 3 is 2.36 bits per heavy atom. The average molecular weight is 201 g/mol. The Bertz CT molecular complexity index is 292. The second kappa shape index (κ2) is 4.79. The molecule has 0 amide bonds. The van der Waals surface area contributed by atoms with Gasteiger partial charge >= 0.3 is 0 Å². The second-order valence-corrected chi connectivity index (χ2v) is 3.02. The summed E-state index contributed by atoms with van der Waals surface area (Å²) in [5, 5.41) is 0. The van der Waals surface area contributed by atoms with Crippen molar-refractivity contribution in [1.29, 1.82) is 0 Å². The van der Waals surface area contributed by atoms with E-state index in [2.05, 4.69) is 0 Å². The van der Waals surface area contributed by atoms with Gasteiger partial charge in [0, 0.05) is 17.8 Å². The first-order valence-corrected chi connectivity index (χ1v) is 4.52. The van der Waals surface area contributed by atoms with E-state index >= 15 is 0 Å². The van der Waals surface area contributed by atoms with Crippen LogP contribution in [0.4, 0.5) is 14.5 Å². The maximum Gasteiger partial charge on any atom is 0.190 e. The van der Waals surface area contributed by atoms with Gasteiger partial charge in [0.15, 0.2) is 17.4 Å². The number of nitrogens with two attached hydrogens (primary N) is 1. The van der Waals surface area contributed by atoms with E-state index in [1.54, 1.807) is 0 Å². The fraction of sp³-hybridized carbons (Fsp3) is 0.400.